The van der Waals surface area contributed by atoms with Crippen LogP contribution in [0.25, 0.3) is 10.6 Å². The molecular formula is C23H27F3N8OS. The number of carbonyl (C=O) groups excluding carboxylic acids is 1. The number of rotatable bonds is 5. The Morgan fingerprint density at radius 1 is 1.22 bits per heavy atom. The van der Waals surface area contributed by atoms with Gasteiger partial charge in [-0.25, -0.2) is 9.97 Å². The first-order valence-electron chi connectivity index (χ1n) is 11.9. The van der Waals surface area contributed by atoms with Gasteiger partial charge in [0.2, 0.25) is 5.95 Å². The molecule has 0 unspecified atom stereocenters. The molecule has 0 spiro atoms. The topological polar surface area (TPSA) is 100 Å². The summed E-state index contributed by atoms with van der Waals surface area (Å²) in [4.78, 5) is 23.1. The van der Waals surface area contributed by atoms with Crippen LogP contribution in [0.15, 0.2) is 18.5 Å². The van der Waals surface area contributed by atoms with Gasteiger partial charge in [0, 0.05) is 31.0 Å². The summed E-state index contributed by atoms with van der Waals surface area (Å²) in [5, 5.41) is 14.1. The number of amides is 1. The summed E-state index contributed by atoms with van der Waals surface area (Å²) in [6.07, 6.45) is 0.765. The first-order valence-corrected chi connectivity index (χ1v) is 12.7. The standard InChI is InChI=1S/C23H27F3N8OS/c1-3-13-12-34(14-4-8-33(2)9-5-14)32-19(13)31-22-29-11-16(23(24,25)26)18(30-22)17-10-15-20(35)27-6-7-28-21(15)36-17/h10-12,14,28H,3-9H2,1-2H3,(H,27,35)(H,29,30,31,32). The number of anilines is 3. The minimum Gasteiger partial charge on any atom is -0.374 e. The number of piperidine rings is 1. The monoisotopic (exact) mass is 520 g/mol. The van der Waals surface area contributed by atoms with Crippen molar-refractivity contribution in [2.24, 2.45) is 0 Å². The molecule has 0 aliphatic carbocycles. The van der Waals surface area contributed by atoms with E-state index in [1.165, 1.54) is 6.07 Å². The number of likely N-dealkylation sites (tertiary alicyclic amines) is 1. The Morgan fingerprint density at radius 2 is 1.97 bits per heavy atom. The van der Waals surface area contributed by atoms with E-state index in [2.05, 4.69) is 37.9 Å². The molecule has 5 heterocycles. The maximum absolute atomic E-state index is 13.9. The molecule has 2 aliphatic heterocycles. The molecule has 0 radical (unpaired) electrons. The fourth-order valence-electron chi connectivity index (χ4n) is 4.44. The van der Waals surface area contributed by atoms with Crippen LogP contribution < -0.4 is 16.0 Å². The SMILES string of the molecule is CCc1cn(C2CCN(C)CC2)nc1Nc1ncc(C(F)(F)F)c(-c2cc3c(s2)NCCNC3=O)n1. The van der Waals surface area contributed by atoms with Crippen LogP contribution in [0, 0.1) is 0 Å². The molecule has 36 heavy (non-hydrogen) atoms. The number of nitrogens with one attached hydrogen (secondary N) is 3. The Kier molecular flexibility index (Phi) is 6.60. The Bertz CT molecular complexity index is 1260. The number of halogens is 3. The molecule has 1 amide bonds. The second kappa shape index (κ2) is 9.69. The first-order chi connectivity index (χ1) is 17.2. The van der Waals surface area contributed by atoms with E-state index in [-0.39, 0.29) is 28.5 Å². The van der Waals surface area contributed by atoms with E-state index in [9.17, 15) is 18.0 Å². The Balaban J connectivity index is 1.48. The predicted molar refractivity (Wildman–Crippen MR) is 132 cm³/mol. The van der Waals surface area contributed by atoms with Crippen molar-refractivity contribution in [2.75, 3.05) is 43.9 Å². The van der Waals surface area contributed by atoms with Crippen molar-refractivity contribution in [3.05, 3.63) is 35.2 Å². The fourth-order valence-corrected chi connectivity index (χ4v) is 5.52. The van der Waals surface area contributed by atoms with Gasteiger partial charge in [-0.05, 0) is 45.5 Å². The van der Waals surface area contributed by atoms with E-state index >= 15 is 0 Å². The highest BCUT2D eigenvalue weighted by atomic mass is 32.1. The summed E-state index contributed by atoms with van der Waals surface area (Å²) < 4.78 is 43.5. The third-order valence-corrected chi connectivity index (χ3v) is 7.58. The molecule has 0 saturated carbocycles. The molecule has 0 atom stereocenters. The van der Waals surface area contributed by atoms with Crippen LogP contribution >= 0.6 is 11.3 Å². The third kappa shape index (κ3) is 4.89. The van der Waals surface area contributed by atoms with Gasteiger partial charge in [-0.15, -0.1) is 11.3 Å². The maximum atomic E-state index is 13.9. The smallest absolute Gasteiger partial charge is 0.374 e. The van der Waals surface area contributed by atoms with Crippen LogP contribution in [0.1, 0.15) is 47.3 Å². The zero-order valence-corrected chi connectivity index (χ0v) is 20.8. The summed E-state index contributed by atoms with van der Waals surface area (Å²) in [5.41, 5.74) is -0.000482. The number of aromatic nitrogens is 4. The van der Waals surface area contributed by atoms with Crippen molar-refractivity contribution < 1.29 is 18.0 Å². The van der Waals surface area contributed by atoms with Gasteiger partial charge in [0.05, 0.1) is 22.2 Å². The number of fused-ring (bicyclic) bond motifs is 1. The first kappa shape index (κ1) is 24.5. The molecule has 192 valence electrons. The van der Waals surface area contributed by atoms with Crippen LogP contribution in [-0.4, -0.2) is 63.8 Å². The number of nitrogens with zero attached hydrogens (tertiary/aromatic N) is 5. The summed E-state index contributed by atoms with van der Waals surface area (Å²) >= 11 is 1.07. The third-order valence-electron chi connectivity index (χ3n) is 6.48. The molecule has 9 nitrogen and oxygen atoms in total. The van der Waals surface area contributed by atoms with Crippen LogP contribution in [0.5, 0.6) is 0 Å². The molecule has 0 bridgehead atoms. The van der Waals surface area contributed by atoms with Crippen molar-refractivity contribution in [3.63, 3.8) is 0 Å². The Hall–Kier alpha value is -3.19. The summed E-state index contributed by atoms with van der Waals surface area (Å²) in [5.74, 6) is 0.220. The second-order valence-corrected chi connectivity index (χ2v) is 10.0. The number of alkyl halides is 3. The van der Waals surface area contributed by atoms with Gasteiger partial charge in [-0.1, -0.05) is 6.92 Å². The fraction of sp³-hybridized carbons (Fsp3) is 0.478. The predicted octanol–water partition coefficient (Wildman–Crippen LogP) is 4.15. The lowest BCUT2D eigenvalue weighted by atomic mass is 10.1. The largest absolute Gasteiger partial charge is 0.420 e. The van der Waals surface area contributed by atoms with Gasteiger partial charge in [0.25, 0.3) is 5.91 Å². The van der Waals surface area contributed by atoms with Crippen molar-refractivity contribution in [2.45, 2.75) is 38.4 Å². The van der Waals surface area contributed by atoms with Gasteiger partial charge in [0.15, 0.2) is 5.82 Å². The highest BCUT2D eigenvalue weighted by molar-refractivity contribution is 7.19. The zero-order chi connectivity index (χ0) is 25.4. The average molecular weight is 521 g/mol. The Morgan fingerprint density at radius 3 is 2.69 bits per heavy atom. The number of hydrogen-bond donors (Lipinski definition) is 3. The quantitative estimate of drug-likeness (QED) is 0.465. The van der Waals surface area contributed by atoms with E-state index in [1.807, 2.05) is 17.8 Å². The van der Waals surface area contributed by atoms with Crippen LogP contribution in [0.2, 0.25) is 0 Å². The molecule has 5 rings (SSSR count). The summed E-state index contributed by atoms with van der Waals surface area (Å²) in [7, 11) is 2.09. The number of aryl methyl sites for hydroxylation is 1. The summed E-state index contributed by atoms with van der Waals surface area (Å²) in [6, 6.07) is 1.72. The van der Waals surface area contributed by atoms with Crippen LogP contribution in [-0.2, 0) is 12.6 Å². The zero-order valence-electron chi connectivity index (χ0n) is 19.9. The minimum atomic E-state index is -4.66. The van der Waals surface area contributed by atoms with Crippen molar-refractivity contribution in [1.29, 1.82) is 0 Å². The van der Waals surface area contributed by atoms with Gasteiger partial charge in [-0.2, -0.15) is 18.3 Å². The average Bonchev–Trinajstić information content (AvgIpc) is 3.41. The lowest BCUT2D eigenvalue weighted by molar-refractivity contribution is -0.137. The van der Waals surface area contributed by atoms with E-state index in [0.717, 1.165) is 49.0 Å². The van der Waals surface area contributed by atoms with E-state index < -0.39 is 11.7 Å². The highest BCUT2D eigenvalue weighted by Gasteiger charge is 2.36. The second-order valence-electron chi connectivity index (χ2n) is 8.99. The van der Waals surface area contributed by atoms with E-state index in [1.54, 1.807) is 0 Å². The molecule has 2 aliphatic rings. The van der Waals surface area contributed by atoms with Crippen molar-refractivity contribution >= 4 is 34.0 Å². The normalized spacial score (nSPS) is 17.3. The molecule has 13 heteroatoms. The number of thiophene rings is 1. The van der Waals surface area contributed by atoms with E-state index in [0.29, 0.717) is 35.9 Å². The number of carbonyl (C=O) groups is 1. The van der Waals surface area contributed by atoms with Crippen molar-refractivity contribution in [3.8, 4) is 10.6 Å². The molecule has 3 N–H and O–H groups in total. The van der Waals surface area contributed by atoms with Crippen LogP contribution in [0.4, 0.5) is 29.9 Å². The van der Waals surface area contributed by atoms with Gasteiger partial charge >= 0.3 is 6.18 Å². The lowest BCUT2D eigenvalue weighted by Gasteiger charge is -2.28. The van der Waals surface area contributed by atoms with Gasteiger partial charge in [0.1, 0.15) is 10.6 Å². The summed E-state index contributed by atoms with van der Waals surface area (Å²) in [6.45, 7) is 4.89. The molecule has 1 fully saturated rings. The number of hydrogen-bond acceptors (Lipinski definition) is 8. The van der Waals surface area contributed by atoms with Crippen LogP contribution in [0.3, 0.4) is 0 Å². The van der Waals surface area contributed by atoms with E-state index in [4.69, 9.17) is 5.10 Å². The molecule has 3 aromatic heterocycles. The molecule has 1 saturated heterocycles. The molecular weight excluding hydrogens is 493 g/mol. The minimum absolute atomic E-state index is 0.0160. The molecule has 0 aromatic carbocycles. The van der Waals surface area contributed by atoms with Gasteiger partial charge < -0.3 is 20.9 Å². The molecule has 3 aromatic rings. The maximum Gasteiger partial charge on any atom is 0.420 e. The van der Waals surface area contributed by atoms with Gasteiger partial charge in [-0.3, -0.25) is 9.48 Å². The van der Waals surface area contributed by atoms with Crippen molar-refractivity contribution in [1.82, 2.24) is 30.0 Å². The highest BCUT2D eigenvalue weighted by Crippen LogP contribution is 2.42. The lowest BCUT2D eigenvalue weighted by Crippen LogP contribution is -2.31. The Labute approximate surface area is 210 Å².